The molecule has 7 heteroatoms. The summed E-state index contributed by atoms with van der Waals surface area (Å²) in [5.41, 5.74) is 1.79. The van der Waals surface area contributed by atoms with Crippen LogP contribution in [0.4, 0.5) is 11.4 Å². The summed E-state index contributed by atoms with van der Waals surface area (Å²) in [5.74, 6) is 0. The van der Waals surface area contributed by atoms with Crippen molar-refractivity contribution in [3.05, 3.63) is 36.7 Å². The Kier molecular flexibility index (Phi) is 4.30. The van der Waals surface area contributed by atoms with Gasteiger partial charge in [-0.05, 0) is 25.0 Å². The SMILES string of the molecule is Cn1cc(N2CCCC(Nc3ccccc3S(C)(=O)=O)C2)cn1. The molecule has 1 aliphatic rings. The van der Waals surface area contributed by atoms with Gasteiger partial charge in [0, 0.05) is 38.6 Å². The molecule has 124 valence electrons. The maximum absolute atomic E-state index is 11.9. The average Bonchev–Trinajstić information content (AvgIpc) is 2.94. The molecule has 23 heavy (non-hydrogen) atoms. The number of aryl methyl sites for hydroxylation is 1. The molecule has 0 saturated carbocycles. The Bertz CT molecular complexity index is 785. The summed E-state index contributed by atoms with van der Waals surface area (Å²) in [6.07, 6.45) is 7.21. The van der Waals surface area contributed by atoms with Gasteiger partial charge in [0.05, 0.1) is 22.5 Å². The normalized spacial score (nSPS) is 18.9. The number of hydrogen-bond acceptors (Lipinski definition) is 5. The van der Waals surface area contributed by atoms with Crippen molar-refractivity contribution in [3.8, 4) is 0 Å². The summed E-state index contributed by atoms with van der Waals surface area (Å²) in [6.45, 7) is 1.83. The van der Waals surface area contributed by atoms with Crippen LogP contribution in [0.3, 0.4) is 0 Å². The van der Waals surface area contributed by atoms with Crippen LogP contribution in [-0.2, 0) is 16.9 Å². The first-order valence-electron chi connectivity index (χ1n) is 7.73. The van der Waals surface area contributed by atoms with E-state index in [9.17, 15) is 8.42 Å². The van der Waals surface area contributed by atoms with Gasteiger partial charge in [-0.25, -0.2) is 8.42 Å². The van der Waals surface area contributed by atoms with Crippen LogP contribution in [0, 0.1) is 0 Å². The Morgan fingerprint density at radius 3 is 2.78 bits per heavy atom. The van der Waals surface area contributed by atoms with Crippen molar-refractivity contribution in [3.63, 3.8) is 0 Å². The van der Waals surface area contributed by atoms with E-state index in [0.29, 0.717) is 10.6 Å². The highest BCUT2D eigenvalue weighted by Gasteiger charge is 2.22. The number of hydrogen-bond donors (Lipinski definition) is 1. The van der Waals surface area contributed by atoms with Crippen LogP contribution in [-0.4, -0.2) is 43.6 Å². The highest BCUT2D eigenvalue weighted by Crippen LogP contribution is 2.25. The van der Waals surface area contributed by atoms with Crippen LogP contribution in [0.25, 0.3) is 0 Å². The van der Waals surface area contributed by atoms with E-state index in [4.69, 9.17) is 0 Å². The van der Waals surface area contributed by atoms with E-state index in [-0.39, 0.29) is 6.04 Å². The molecule has 2 aromatic rings. The van der Waals surface area contributed by atoms with Crippen molar-refractivity contribution >= 4 is 21.2 Å². The van der Waals surface area contributed by atoms with E-state index >= 15 is 0 Å². The number of anilines is 2. The van der Waals surface area contributed by atoms with Crippen molar-refractivity contribution in [1.29, 1.82) is 0 Å². The van der Waals surface area contributed by atoms with E-state index < -0.39 is 9.84 Å². The van der Waals surface area contributed by atoms with Crippen LogP contribution >= 0.6 is 0 Å². The zero-order valence-corrected chi connectivity index (χ0v) is 14.3. The Morgan fingerprint density at radius 2 is 2.09 bits per heavy atom. The van der Waals surface area contributed by atoms with E-state index in [1.807, 2.05) is 31.6 Å². The number of piperidine rings is 1. The quantitative estimate of drug-likeness (QED) is 0.925. The molecule has 1 unspecified atom stereocenters. The van der Waals surface area contributed by atoms with Crippen molar-refractivity contribution in [1.82, 2.24) is 9.78 Å². The van der Waals surface area contributed by atoms with Crippen LogP contribution in [0.15, 0.2) is 41.6 Å². The number of nitrogens with one attached hydrogen (secondary N) is 1. The van der Waals surface area contributed by atoms with Gasteiger partial charge in [-0.3, -0.25) is 4.68 Å². The van der Waals surface area contributed by atoms with Gasteiger partial charge >= 0.3 is 0 Å². The summed E-state index contributed by atoms with van der Waals surface area (Å²) in [5, 5.41) is 7.64. The molecule has 3 rings (SSSR count). The highest BCUT2D eigenvalue weighted by molar-refractivity contribution is 7.90. The Labute approximate surface area is 137 Å². The van der Waals surface area contributed by atoms with Crippen LogP contribution in [0.1, 0.15) is 12.8 Å². The predicted molar refractivity (Wildman–Crippen MR) is 91.6 cm³/mol. The van der Waals surface area contributed by atoms with Crippen molar-refractivity contribution in [2.24, 2.45) is 7.05 Å². The molecule has 1 aromatic carbocycles. The fourth-order valence-corrected chi connectivity index (χ4v) is 3.88. The zero-order valence-electron chi connectivity index (χ0n) is 13.4. The molecule has 6 nitrogen and oxygen atoms in total. The fourth-order valence-electron chi connectivity index (χ4n) is 3.03. The largest absolute Gasteiger partial charge is 0.379 e. The minimum Gasteiger partial charge on any atom is -0.379 e. The molecule has 1 saturated heterocycles. The molecule has 1 N–H and O–H groups in total. The lowest BCUT2D eigenvalue weighted by Gasteiger charge is -2.34. The van der Waals surface area contributed by atoms with Gasteiger partial charge in [0.15, 0.2) is 9.84 Å². The molecule has 1 fully saturated rings. The second-order valence-electron chi connectivity index (χ2n) is 6.07. The first-order chi connectivity index (χ1) is 10.9. The third-order valence-electron chi connectivity index (χ3n) is 4.12. The Balaban J connectivity index is 1.76. The lowest BCUT2D eigenvalue weighted by Crippen LogP contribution is -2.42. The third-order valence-corrected chi connectivity index (χ3v) is 5.28. The van der Waals surface area contributed by atoms with Gasteiger partial charge in [0.1, 0.15) is 0 Å². The molecule has 1 aromatic heterocycles. The predicted octanol–water partition coefficient (Wildman–Crippen LogP) is 1.90. The monoisotopic (exact) mass is 334 g/mol. The van der Waals surface area contributed by atoms with Crippen molar-refractivity contribution in [2.45, 2.75) is 23.8 Å². The Morgan fingerprint density at radius 1 is 1.30 bits per heavy atom. The van der Waals surface area contributed by atoms with Gasteiger partial charge < -0.3 is 10.2 Å². The lowest BCUT2D eigenvalue weighted by molar-refractivity contribution is 0.529. The van der Waals surface area contributed by atoms with Crippen molar-refractivity contribution < 1.29 is 8.42 Å². The van der Waals surface area contributed by atoms with E-state index in [0.717, 1.165) is 31.6 Å². The Hall–Kier alpha value is -2.02. The second kappa shape index (κ2) is 6.23. The molecular formula is C16H22N4O2S. The van der Waals surface area contributed by atoms with Gasteiger partial charge in [0.25, 0.3) is 0 Å². The maximum Gasteiger partial charge on any atom is 0.177 e. The molecule has 0 bridgehead atoms. The number of aromatic nitrogens is 2. The molecule has 0 spiro atoms. The van der Waals surface area contributed by atoms with Gasteiger partial charge in [0.2, 0.25) is 0 Å². The van der Waals surface area contributed by atoms with Crippen LogP contribution in [0.2, 0.25) is 0 Å². The average molecular weight is 334 g/mol. The summed E-state index contributed by atoms with van der Waals surface area (Å²) in [4.78, 5) is 2.65. The number of nitrogens with zero attached hydrogens (tertiary/aromatic N) is 3. The number of para-hydroxylation sites is 1. The minimum atomic E-state index is -3.24. The van der Waals surface area contributed by atoms with E-state index in [2.05, 4.69) is 15.3 Å². The zero-order chi connectivity index (χ0) is 16.4. The summed E-state index contributed by atoms with van der Waals surface area (Å²) in [6, 6.07) is 7.31. The highest BCUT2D eigenvalue weighted by atomic mass is 32.2. The first-order valence-corrected chi connectivity index (χ1v) is 9.62. The molecule has 0 radical (unpaired) electrons. The first kappa shape index (κ1) is 15.9. The lowest BCUT2D eigenvalue weighted by atomic mass is 10.0. The molecule has 2 heterocycles. The second-order valence-corrected chi connectivity index (χ2v) is 8.05. The maximum atomic E-state index is 11.9. The van der Waals surface area contributed by atoms with Gasteiger partial charge in [-0.2, -0.15) is 5.10 Å². The number of benzene rings is 1. The number of rotatable bonds is 4. The third kappa shape index (κ3) is 3.67. The molecule has 1 aliphatic heterocycles. The van der Waals surface area contributed by atoms with E-state index in [1.54, 1.807) is 16.8 Å². The molecular weight excluding hydrogens is 312 g/mol. The molecule has 0 aliphatic carbocycles. The standard InChI is InChI=1S/C16H22N4O2S/c1-19-12-14(10-17-19)20-9-5-6-13(11-20)18-15-7-3-4-8-16(15)23(2,21)22/h3-4,7-8,10,12-13,18H,5-6,9,11H2,1-2H3. The molecule has 1 atom stereocenters. The van der Waals surface area contributed by atoms with Gasteiger partial charge in [-0.15, -0.1) is 0 Å². The van der Waals surface area contributed by atoms with E-state index in [1.165, 1.54) is 6.26 Å². The minimum absolute atomic E-state index is 0.215. The smallest absolute Gasteiger partial charge is 0.177 e. The van der Waals surface area contributed by atoms with Crippen LogP contribution in [0.5, 0.6) is 0 Å². The van der Waals surface area contributed by atoms with Gasteiger partial charge in [-0.1, -0.05) is 12.1 Å². The van der Waals surface area contributed by atoms with Crippen LogP contribution < -0.4 is 10.2 Å². The summed E-state index contributed by atoms with van der Waals surface area (Å²) >= 11 is 0. The van der Waals surface area contributed by atoms with Crippen molar-refractivity contribution in [2.75, 3.05) is 29.6 Å². The fraction of sp³-hybridized carbons (Fsp3) is 0.438. The summed E-state index contributed by atoms with van der Waals surface area (Å²) < 4.78 is 25.6. The topological polar surface area (TPSA) is 67.2 Å². The molecule has 0 amide bonds. The summed E-state index contributed by atoms with van der Waals surface area (Å²) in [7, 11) is -1.33. The number of sulfone groups is 1.